The quantitative estimate of drug-likeness (QED) is 0.657. The van der Waals surface area contributed by atoms with Crippen LogP contribution in [0.4, 0.5) is 11.8 Å². The van der Waals surface area contributed by atoms with Gasteiger partial charge in [0.1, 0.15) is 12.4 Å². The molecule has 0 spiro atoms. The summed E-state index contributed by atoms with van der Waals surface area (Å²) in [6.45, 7) is 2.78. The molecule has 1 saturated heterocycles. The van der Waals surface area contributed by atoms with Crippen molar-refractivity contribution in [3.05, 3.63) is 83.0 Å². The zero-order valence-corrected chi connectivity index (χ0v) is 16.5. The molecule has 0 aliphatic carbocycles. The van der Waals surface area contributed by atoms with Crippen molar-refractivity contribution in [1.29, 1.82) is 0 Å². The second-order valence-electron chi connectivity index (χ2n) is 7.27. The molecule has 152 valence electrons. The van der Waals surface area contributed by atoms with Crippen LogP contribution in [0.5, 0.6) is 0 Å². The van der Waals surface area contributed by atoms with Gasteiger partial charge in [0.15, 0.2) is 5.69 Å². The van der Waals surface area contributed by atoms with Gasteiger partial charge in [-0.2, -0.15) is 4.98 Å². The maximum atomic E-state index is 12.3. The predicted octanol–water partition coefficient (Wildman–Crippen LogP) is 3.19. The highest BCUT2D eigenvalue weighted by molar-refractivity contribution is 5.93. The maximum absolute atomic E-state index is 12.3. The van der Waals surface area contributed by atoms with Crippen LogP contribution in [0, 0.1) is 0 Å². The van der Waals surface area contributed by atoms with E-state index in [4.69, 9.17) is 14.5 Å². The van der Waals surface area contributed by atoms with Crippen LogP contribution in [0.3, 0.4) is 0 Å². The normalized spacial score (nSPS) is 15.8. The number of nitrogens with zero attached hydrogens (tertiary/aromatic N) is 3. The molecule has 2 aromatic carbocycles. The van der Waals surface area contributed by atoms with E-state index in [1.807, 2.05) is 41.3 Å². The molecule has 2 aliphatic rings. The van der Waals surface area contributed by atoms with Crippen LogP contribution >= 0.6 is 0 Å². The number of carbonyl (C=O) groups is 1. The third kappa shape index (κ3) is 3.59. The number of morpholine rings is 1. The molecule has 1 aromatic heterocycles. The first-order valence-electron chi connectivity index (χ1n) is 10.1. The van der Waals surface area contributed by atoms with E-state index < -0.39 is 5.97 Å². The third-order valence-corrected chi connectivity index (χ3v) is 5.38. The average molecular weight is 402 g/mol. The minimum absolute atomic E-state index is 0.125. The van der Waals surface area contributed by atoms with Crippen molar-refractivity contribution in [2.45, 2.75) is 12.6 Å². The SMILES string of the molecule is O=C1OCc2c(NC(c3ccccc3)c3ccccc3)nc(N3CCOCC3)nc21. The molecule has 0 atom stereocenters. The zero-order valence-electron chi connectivity index (χ0n) is 16.5. The Labute approximate surface area is 174 Å². The molecular formula is C23H22N4O3. The molecule has 1 fully saturated rings. The molecule has 0 amide bonds. The van der Waals surface area contributed by atoms with Crippen LogP contribution in [0.25, 0.3) is 0 Å². The van der Waals surface area contributed by atoms with E-state index in [9.17, 15) is 4.79 Å². The van der Waals surface area contributed by atoms with Gasteiger partial charge >= 0.3 is 5.97 Å². The molecule has 3 heterocycles. The van der Waals surface area contributed by atoms with Gasteiger partial charge in [-0.3, -0.25) is 0 Å². The van der Waals surface area contributed by atoms with Crippen LogP contribution in [-0.2, 0) is 16.1 Å². The Hall–Kier alpha value is -3.45. The van der Waals surface area contributed by atoms with Crippen LogP contribution in [-0.4, -0.2) is 42.2 Å². The van der Waals surface area contributed by atoms with Gasteiger partial charge < -0.3 is 19.7 Å². The summed E-state index contributed by atoms with van der Waals surface area (Å²) < 4.78 is 10.7. The van der Waals surface area contributed by atoms with Gasteiger partial charge in [0, 0.05) is 13.1 Å². The molecule has 1 N–H and O–H groups in total. The number of anilines is 2. The number of carbonyl (C=O) groups excluding carboxylic acids is 1. The standard InChI is InChI=1S/C23H22N4O3/c28-22-20-18(15-30-22)21(26-23(25-20)27-11-13-29-14-12-27)24-19(16-7-3-1-4-8-16)17-9-5-2-6-10-17/h1-10,19H,11-15H2,(H,24,25,26). The van der Waals surface area contributed by atoms with Gasteiger partial charge in [-0.25, -0.2) is 9.78 Å². The van der Waals surface area contributed by atoms with Crippen molar-refractivity contribution in [3.8, 4) is 0 Å². The molecule has 7 heteroatoms. The summed E-state index contributed by atoms with van der Waals surface area (Å²) in [4.78, 5) is 23.7. The molecule has 7 nitrogen and oxygen atoms in total. The van der Waals surface area contributed by atoms with Gasteiger partial charge in [0.2, 0.25) is 5.95 Å². The van der Waals surface area contributed by atoms with E-state index in [1.165, 1.54) is 0 Å². The van der Waals surface area contributed by atoms with E-state index >= 15 is 0 Å². The number of rotatable bonds is 5. The van der Waals surface area contributed by atoms with E-state index in [1.54, 1.807) is 0 Å². The number of benzene rings is 2. The molecule has 0 saturated carbocycles. The highest BCUT2D eigenvalue weighted by atomic mass is 16.5. The first-order valence-corrected chi connectivity index (χ1v) is 10.1. The number of hydrogen-bond acceptors (Lipinski definition) is 7. The summed E-state index contributed by atoms with van der Waals surface area (Å²) in [5.41, 5.74) is 3.26. The van der Waals surface area contributed by atoms with Gasteiger partial charge in [-0.15, -0.1) is 0 Å². The van der Waals surface area contributed by atoms with Gasteiger partial charge in [0.05, 0.1) is 24.8 Å². The summed E-state index contributed by atoms with van der Waals surface area (Å²) in [5, 5.41) is 3.57. The van der Waals surface area contributed by atoms with Crippen molar-refractivity contribution < 1.29 is 14.3 Å². The minimum Gasteiger partial charge on any atom is -0.456 e. The lowest BCUT2D eigenvalue weighted by atomic mass is 9.98. The maximum Gasteiger partial charge on any atom is 0.357 e. The molecule has 3 aromatic rings. The van der Waals surface area contributed by atoms with Crippen LogP contribution in [0.1, 0.15) is 33.2 Å². The Kier molecular flexibility index (Phi) is 5.03. The Balaban J connectivity index is 1.57. The van der Waals surface area contributed by atoms with E-state index in [0.29, 0.717) is 49.3 Å². The van der Waals surface area contributed by atoms with Crippen LogP contribution < -0.4 is 10.2 Å². The zero-order chi connectivity index (χ0) is 20.3. The van der Waals surface area contributed by atoms with Gasteiger partial charge in [-0.1, -0.05) is 60.7 Å². The Bertz CT molecular complexity index is 998. The predicted molar refractivity (Wildman–Crippen MR) is 113 cm³/mol. The molecule has 2 aliphatic heterocycles. The van der Waals surface area contributed by atoms with E-state index in [2.05, 4.69) is 34.6 Å². The summed E-state index contributed by atoms with van der Waals surface area (Å²) >= 11 is 0. The molecular weight excluding hydrogens is 380 g/mol. The van der Waals surface area contributed by atoms with Crippen LogP contribution in [0.2, 0.25) is 0 Å². The van der Waals surface area contributed by atoms with E-state index in [-0.39, 0.29) is 12.6 Å². The van der Waals surface area contributed by atoms with Crippen LogP contribution in [0.15, 0.2) is 60.7 Å². The lowest BCUT2D eigenvalue weighted by Crippen LogP contribution is -2.37. The fourth-order valence-corrected chi connectivity index (χ4v) is 3.79. The number of fused-ring (bicyclic) bond motifs is 1. The first-order chi connectivity index (χ1) is 14.8. The lowest BCUT2D eigenvalue weighted by Gasteiger charge is -2.28. The number of ether oxygens (including phenoxy) is 2. The molecule has 0 radical (unpaired) electrons. The Morgan fingerprint density at radius 3 is 2.17 bits per heavy atom. The number of esters is 1. The molecule has 30 heavy (non-hydrogen) atoms. The minimum atomic E-state index is -0.402. The highest BCUT2D eigenvalue weighted by Gasteiger charge is 2.31. The van der Waals surface area contributed by atoms with E-state index in [0.717, 1.165) is 11.1 Å². The number of hydrogen-bond donors (Lipinski definition) is 1. The third-order valence-electron chi connectivity index (χ3n) is 5.38. The molecule has 0 bridgehead atoms. The second kappa shape index (κ2) is 8.12. The Morgan fingerprint density at radius 1 is 0.900 bits per heavy atom. The van der Waals surface area contributed by atoms with Gasteiger partial charge in [-0.05, 0) is 11.1 Å². The largest absolute Gasteiger partial charge is 0.456 e. The fourth-order valence-electron chi connectivity index (χ4n) is 3.79. The monoisotopic (exact) mass is 402 g/mol. The second-order valence-corrected chi connectivity index (χ2v) is 7.27. The topological polar surface area (TPSA) is 76.6 Å². The number of cyclic esters (lactones) is 1. The fraction of sp³-hybridized carbons (Fsp3) is 0.261. The summed E-state index contributed by atoms with van der Waals surface area (Å²) in [6.07, 6.45) is 0. The summed E-state index contributed by atoms with van der Waals surface area (Å²) in [6, 6.07) is 20.3. The van der Waals surface area contributed by atoms with Crippen molar-refractivity contribution >= 4 is 17.7 Å². The summed E-state index contributed by atoms with van der Waals surface area (Å²) in [5.74, 6) is 0.754. The molecule has 5 rings (SSSR count). The number of nitrogens with one attached hydrogen (secondary N) is 1. The number of aromatic nitrogens is 2. The molecule has 0 unspecified atom stereocenters. The Morgan fingerprint density at radius 2 is 1.53 bits per heavy atom. The van der Waals surface area contributed by atoms with Crippen molar-refractivity contribution in [2.24, 2.45) is 0 Å². The highest BCUT2D eigenvalue weighted by Crippen LogP contribution is 2.32. The van der Waals surface area contributed by atoms with Crippen molar-refractivity contribution in [1.82, 2.24) is 9.97 Å². The van der Waals surface area contributed by atoms with Crippen molar-refractivity contribution in [3.63, 3.8) is 0 Å². The smallest absolute Gasteiger partial charge is 0.357 e. The average Bonchev–Trinajstić information content (AvgIpc) is 3.20. The van der Waals surface area contributed by atoms with Crippen molar-refractivity contribution in [2.75, 3.05) is 36.5 Å². The van der Waals surface area contributed by atoms with Gasteiger partial charge in [0.25, 0.3) is 0 Å². The lowest BCUT2D eigenvalue weighted by molar-refractivity contribution is 0.0531. The summed E-state index contributed by atoms with van der Waals surface area (Å²) in [7, 11) is 0. The first kappa shape index (κ1) is 18.6.